The fourth-order valence-electron chi connectivity index (χ4n) is 12.7. The molecule has 15 heteroatoms. The molecule has 2 saturated carbocycles. The predicted molar refractivity (Wildman–Crippen MR) is 298 cm³/mol. The van der Waals surface area contributed by atoms with Gasteiger partial charge in [-0.2, -0.15) is 0 Å². The summed E-state index contributed by atoms with van der Waals surface area (Å²) in [6, 6.07) is 4.36. The van der Waals surface area contributed by atoms with E-state index >= 15 is 0 Å². The molecule has 7 saturated heterocycles. The highest BCUT2D eigenvalue weighted by molar-refractivity contribution is 5.82. The van der Waals surface area contributed by atoms with Crippen molar-refractivity contribution in [1.29, 1.82) is 0 Å². The molecule has 0 aromatic carbocycles. The Morgan fingerprint density at radius 2 is 0.836 bits per heavy atom. The Kier molecular flexibility index (Phi) is 24.9. The second kappa shape index (κ2) is 30.4. The van der Waals surface area contributed by atoms with Gasteiger partial charge in [-0.05, 0) is 183 Å². The minimum atomic E-state index is 0.0573. The number of nitrogens with zero attached hydrogens (tertiary/aromatic N) is 5. The molecule has 1 spiro atoms. The first kappa shape index (κ1) is 59.7. The highest BCUT2D eigenvalue weighted by Crippen LogP contribution is 2.52. The molecule has 420 valence electrons. The van der Waals surface area contributed by atoms with Crippen LogP contribution < -0.4 is 31.9 Å². The Labute approximate surface area is 444 Å². The van der Waals surface area contributed by atoms with Gasteiger partial charge in [0.15, 0.2) is 0 Å². The highest BCUT2D eigenvalue weighted by atomic mass is 16.2. The van der Waals surface area contributed by atoms with Gasteiger partial charge in [0.2, 0.25) is 17.7 Å². The van der Waals surface area contributed by atoms with E-state index in [4.69, 9.17) is 0 Å². The summed E-state index contributed by atoms with van der Waals surface area (Å²) in [5.41, 5.74) is 0.540. The molecule has 7 aliphatic heterocycles. The Balaban J connectivity index is 0.000000159. The average molecular weight is 1020 g/mol. The van der Waals surface area contributed by atoms with Gasteiger partial charge >= 0.3 is 6.03 Å². The lowest BCUT2D eigenvalue weighted by atomic mass is 9.88. The van der Waals surface area contributed by atoms with Crippen LogP contribution in [-0.2, 0) is 14.4 Å². The number of rotatable bonds is 11. The van der Waals surface area contributed by atoms with Crippen LogP contribution in [0.5, 0.6) is 0 Å². The largest absolute Gasteiger partial charge is 0.353 e. The minimum Gasteiger partial charge on any atom is -0.353 e. The lowest BCUT2D eigenvalue weighted by molar-refractivity contribution is -0.127. The van der Waals surface area contributed by atoms with Gasteiger partial charge < -0.3 is 56.4 Å². The van der Waals surface area contributed by atoms with Crippen molar-refractivity contribution < 1.29 is 19.2 Å². The lowest BCUT2D eigenvalue weighted by Gasteiger charge is -2.35. The number of likely N-dealkylation sites (tertiary alicyclic amines) is 5. The first-order chi connectivity index (χ1) is 35.1. The first-order valence-corrected chi connectivity index (χ1v) is 30.4. The summed E-state index contributed by atoms with van der Waals surface area (Å²) in [7, 11) is 0. The standard InChI is InChI=1S/C15H27N3O.C15H28N2O.2C14H27N3O/c1-12(2)17-8-3-13(4-9-17)16-14(19)18-10-7-15(11-18)5-6-15;1-12(2)17-10-8-14(9-11-17)16-15(18)13-6-4-3-5-7-13;1-11(2)17-8-5-13(6-9-17)16-14(18)12-4-3-7-15-10-12;1-11(2)17-9-6-12(7-10-17)16-14(18)13-5-3-4-8-15-13/h12-13H,3-11H2,1-2H3,(H,16,19);12-14H,3-11H2,1-2H3,(H,16,18);2*11-13,15H,3-10H2,1-2H3,(H,16,18). The van der Waals surface area contributed by atoms with Gasteiger partial charge in [-0.15, -0.1) is 0 Å². The van der Waals surface area contributed by atoms with Crippen molar-refractivity contribution in [2.45, 2.75) is 245 Å². The average Bonchev–Trinajstić information content (AvgIpc) is 4.04. The van der Waals surface area contributed by atoms with Gasteiger partial charge in [0.05, 0.1) is 12.0 Å². The van der Waals surface area contributed by atoms with Crippen molar-refractivity contribution in [3.05, 3.63) is 0 Å². The fourth-order valence-corrected chi connectivity index (χ4v) is 12.7. The van der Waals surface area contributed by atoms with Crippen LogP contribution in [0.4, 0.5) is 4.79 Å². The Morgan fingerprint density at radius 3 is 1.22 bits per heavy atom. The SMILES string of the molecule is CC(C)N1CCC(NC(=O)C2CCCCC2)CC1.CC(C)N1CCC(NC(=O)C2CCCCN2)CC1.CC(C)N1CCC(NC(=O)C2CCCNC2)CC1.CC(C)N1CCC(NC(=O)N2CCC3(CC3)C2)CC1. The maximum absolute atomic E-state index is 12.2. The number of piperidine rings is 6. The number of urea groups is 1. The highest BCUT2D eigenvalue weighted by Gasteiger charge is 2.49. The molecule has 2 atom stereocenters. The molecule has 9 rings (SSSR count). The summed E-state index contributed by atoms with van der Waals surface area (Å²) in [4.78, 5) is 60.6. The number of nitrogens with one attached hydrogen (secondary N) is 6. The van der Waals surface area contributed by atoms with Crippen molar-refractivity contribution in [3.8, 4) is 0 Å². The van der Waals surface area contributed by atoms with Gasteiger partial charge in [0, 0.05) is 126 Å². The van der Waals surface area contributed by atoms with Crippen molar-refractivity contribution >= 4 is 23.8 Å². The lowest BCUT2D eigenvalue weighted by Crippen LogP contribution is -2.52. The van der Waals surface area contributed by atoms with E-state index in [9.17, 15) is 19.2 Å². The summed E-state index contributed by atoms with van der Waals surface area (Å²) in [6.07, 6.45) is 24.3. The number of hydrogen-bond donors (Lipinski definition) is 6. The van der Waals surface area contributed by atoms with E-state index in [1.165, 1.54) is 51.4 Å². The van der Waals surface area contributed by atoms with Crippen molar-refractivity contribution in [2.75, 3.05) is 85.1 Å². The Morgan fingerprint density at radius 1 is 0.425 bits per heavy atom. The molecule has 0 aromatic heterocycles. The Hall–Kier alpha value is -2.56. The molecule has 0 aromatic rings. The second-order valence-electron chi connectivity index (χ2n) is 25.1. The summed E-state index contributed by atoms with van der Waals surface area (Å²) < 4.78 is 0. The molecule has 73 heavy (non-hydrogen) atoms. The third-order valence-electron chi connectivity index (χ3n) is 18.4. The quantitative estimate of drug-likeness (QED) is 0.132. The van der Waals surface area contributed by atoms with Crippen LogP contribution in [0.15, 0.2) is 0 Å². The zero-order valence-corrected chi connectivity index (χ0v) is 47.8. The molecular weight excluding hydrogens is 915 g/mol. The summed E-state index contributed by atoms with van der Waals surface area (Å²) in [5.74, 6) is 1.32. The maximum Gasteiger partial charge on any atom is 0.317 e. The molecule has 2 aliphatic carbocycles. The van der Waals surface area contributed by atoms with E-state index in [2.05, 4.69) is 107 Å². The minimum absolute atomic E-state index is 0.0573. The van der Waals surface area contributed by atoms with Crippen molar-refractivity contribution in [2.24, 2.45) is 17.3 Å². The van der Waals surface area contributed by atoms with E-state index < -0.39 is 0 Å². The zero-order chi connectivity index (χ0) is 52.3. The van der Waals surface area contributed by atoms with Crippen LogP contribution in [0, 0.1) is 17.3 Å². The van der Waals surface area contributed by atoms with Crippen LogP contribution in [-0.4, -0.2) is 188 Å². The fraction of sp³-hybridized carbons (Fsp3) is 0.931. The van der Waals surface area contributed by atoms with E-state index in [0.29, 0.717) is 65.6 Å². The molecule has 6 N–H and O–H groups in total. The van der Waals surface area contributed by atoms with Crippen LogP contribution in [0.1, 0.15) is 190 Å². The maximum atomic E-state index is 12.2. The third-order valence-corrected chi connectivity index (χ3v) is 18.4. The number of carbonyl (C=O) groups excluding carboxylic acids is 4. The van der Waals surface area contributed by atoms with Gasteiger partial charge in [0.1, 0.15) is 0 Å². The number of hydrogen-bond acceptors (Lipinski definition) is 10. The first-order valence-electron chi connectivity index (χ1n) is 30.4. The van der Waals surface area contributed by atoms with Gasteiger partial charge in [-0.25, -0.2) is 4.79 Å². The predicted octanol–water partition coefficient (Wildman–Crippen LogP) is 6.70. The molecule has 0 bridgehead atoms. The van der Waals surface area contributed by atoms with E-state index in [1.807, 2.05) is 4.90 Å². The smallest absolute Gasteiger partial charge is 0.317 e. The van der Waals surface area contributed by atoms with E-state index in [0.717, 1.165) is 169 Å². The van der Waals surface area contributed by atoms with Crippen LogP contribution >= 0.6 is 0 Å². The third kappa shape index (κ3) is 20.1. The Bertz CT molecular complexity index is 1480. The zero-order valence-electron chi connectivity index (χ0n) is 47.8. The molecule has 9 fully saturated rings. The molecule has 2 unspecified atom stereocenters. The topological polar surface area (TPSA) is 157 Å². The molecule has 15 nitrogen and oxygen atoms in total. The number of amides is 5. The second-order valence-corrected chi connectivity index (χ2v) is 25.1. The number of carbonyl (C=O) groups is 4. The van der Waals surface area contributed by atoms with Crippen LogP contribution in [0.2, 0.25) is 0 Å². The van der Waals surface area contributed by atoms with E-state index in [-0.39, 0.29) is 29.8 Å². The monoisotopic (exact) mass is 1020 g/mol. The van der Waals surface area contributed by atoms with Gasteiger partial charge in [-0.1, -0.05) is 25.7 Å². The van der Waals surface area contributed by atoms with Crippen molar-refractivity contribution in [3.63, 3.8) is 0 Å². The summed E-state index contributed by atoms with van der Waals surface area (Å²) >= 11 is 0. The molecule has 7 heterocycles. The molecule has 5 amide bonds. The van der Waals surface area contributed by atoms with Gasteiger partial charge in [-0.3, -0.25) is 14.4 Å². The normalized spacial score (nSPS) is 26.6. The summed E-state index contributed by atoms with van der Waals surface area (Å²) in [6.45, 7) is 31.8. The summed E-state index contributed by atoms with van der Waals surface area (Å²) in [5, 5.41) is 19.6. The van der Waals surface area contributed by atoms with Crippen molar-refractivity contribution in [1.82, 2.24) is 56.4 Å². The molecule has 9 aliphatic rings. The van der Waals surface area contributed by atoms with Gasteiger partial charge in [0.25, 0.3) is 0 Å². The van der Waals surface area contributed by atoms with E-state index in [1.54, 1.807) is 0 Å². The molecule has 0 radical (unpaired) electrons. The van der Waals surface area contributed by atoms with Crippen LogP contribution in [0.3, 0.4) is 0 Å². The van der Waals surface area contributed by atoms with Crippen LogP contribution in [0.25, 0.3) is 0 Å². The molecular formula is C58H109N11O4.